The summed E-state index contributed by atoms with van der Waals surface area (Å²) in [5.74, 6) is 0.947. The molecule has 2 aliphatic heterocycles. The molecule has 2 unspecified atom stereocenters. The van der Waals surface area contributed by atoms with Gasteiger partial charge >= 0.3 is 12.2 Å². The van der Waals surface area contributed by atoms with Crippen LogP contribution < -0.4 is 10.6 Å². The van der Waals surface area contributed by atoms with E-state index in [9.17, 15) is 19.2 Å². The molecule has 4 amide bonds. The van der Waals surface area contributed by atoms with Crippen molar-refractivity contribution in [3.8, 4) is 11.1 Å². The Morgan fingerprint density at radius 2 is 1.24 bits per heavy atom. The average molecular weight is 737 g/mol. The van der Waals surface area contributed by atoms with Crippen molar-refractivity contribution in [3.05, 3.63) is 60.2 Å². The molecule has 0 spiro atoms. The van der Waals surface area contributed by atoms with Crippen molar-refractivity contribution in [1.29, 1.82) is 0 Å². The summed E-state index contributed by atoms with van der Waals surface area (Å²) < 4.78 is 9.55. The Labute approximate surface area is 313 Å². The van der Waals surface area contributed by atoms with Crippen LogP contribution in [0.3, 0.4) is 0 Å². The second kappa shape index (κ2) is 15.0. The molecule has 4 N–H and O–H groups in total. The fraction of sp³-hybridized carbons (Fsp3) is 0.450. The first kappa shape index (κ1) is 36.7. The van der Waals surface area contributed by atoms with Gasteiger partial charge in [-0.05, 0) is 78.3 Å². The lowest BCUT2D eigenvalue weighted by Crippen LogP contribution is -2.51. The number of carbonyl (C=O) groups is 4. The fourth-order valence-electron chi connectivity index (χ4n) is 7.91. The second-order valence-electron chi connectivity index (χ2n) is 15.0. The SMILES string of the molecule is COC(=O)NC(C(=O)N1CCC[C@H]1c1nc2ccc(-c3ccc4c(ccc5[nH]c([C@@H]6CCCN6C(=O)C(NC(=O)OC)C(C)C)nc54)c3)cc2[nH]1)C(C)C. The Morgan fingerprint density at radius 1 is 0.704 bits per heavy atom. The molecule has 54 heavy (non-hydrogen) atoms. The van der Waals surface area contributed by atoms with E-state index in [4.69, 9.17) is 19.4 Å². The number of nitrogens with one attached hydrogen (secondary N) is 4. The lowest BCUT2D eigenvalue weighted by molar-refractivity contribution is -0.136. The van der Waals surface area contributed by atoms with E-state index in [0.29, 0.717) is 13.1 Å². The van der Waals surface area contributed by atoms with Gasteiger partial charge < -0.3 is 39.9 Å². The van der Waals surface area contributed by atoms with E-state index >= 15 is 0 Å². The van der Waals surface area contributed by atoms with Crippen LogP contribution in [0.1, 0.15) is 77.1 Å². The van der Waals surface area contributed by atoms with Crippen molar-refractivity contribution in [3.63, 3.8) is 0 Å². The highest BCUT2D eigenvalue weighted by molar-refractivity contribution is 6.05. The van der Waals surface area contributed by atoms with Gasteiger partial charge in [-0.25, -0.2) is 19.6 Å². The van der Waals surface area contributed by atoms with Crippen molar-refractivity contribution < 1.29 is 28.7 Å². The first-order valence-corrected chi connectivity index (χ1v) is 18.7. The van der Waals surface area contributed by atoms with E-state index in [1.807, 2.05) is 49.6 Å². The molecular weight excluding hydrogens is 688 g/mol. The van der Waals surface area contributed by atoms with E-state index in [-0.39, 0.29) is 35.7 Å². The van der Waals surface area contributed by atoms with Gasteiger partial charge in [0.05, 0.1) is 48.4 Å². The number of alkyl carbamates (subject to hydrolysis) is 2. The molecule has 2 fully saturated rings. The predicted octanol–water partition coefficient (Wildman–Crippen LogP) is 6.35. The van der Waals surface area contributed by atoms with Crippen molar-refractivity contribution in [2.45, 2.75) is 77.5 Å². The number of hydrogen-bond donors (Lipinski definition) is 4. The third kappa shape index (κ3) is 6.92. The highest BCUT2D eigenvalue weighted by atomic mass is 16.5. The molecule has 14 heteroatoms. The average Bonchev–Trinajstić information content (AvgIpc) is 3.99. The molecule has 0 saturated carbocycles. The number of fused-ring (bicyclic) bond motifs is 4. The van der Waals surface area contributed by atoms with E-state index in [2.05, 4.69) is 57.0 Å². The van der Waals surface area contributed by atoms with Crippen LogP contribution in [-0.2, 0) is 19.1 Å². The summed E-state index contributed by atoms with van der Waals surface area (Å²) in [4.78, 5) is 71.9. The summed E-state index contributed by atoms with van der Waals surface area (Å²) in [6, 6.07) is 14.7. The summed E-state index contributed by atoms with van der Waals surface area (Å²) in [6.45, 7) is 8.78. The molecule has 4 atom stereocenters. The summed E-state index contributed by atoms with van der Waals surface area (Å²) >= 11 is 0. The minimum Gasteiger partial charge on any atom is -0.453 e. The van der Waals surface area contributed by atoms with Gasteiger partial charge in [0.1, 0.15) is 23.7 Å². The molecule has 7 rings (SSSR count). The van der Waals surface area contributed by atoms with Gasteiger partial charge in [0.2, 0.25) is 11.8 Å². The maximum atomic E-state index is 13.7. The fourth-order valence-corrected chi connectivity index (χ4v) is 7.91. The summed E-state index contributed by atoms with van der Waals surface area (Å²) in [5, 5.41) is 7.45. The van der Waals surface area contributed by atoms with Crippen LogP contribution in [-0.4, -0.2) is 93.1 Å². The van der Waals surface area contributed by atoms with Crippen molar-refractivity contribution in [2.75, 3.05) is 27.3 Å². The lowest BCUT2D eigenvalue weighted by Gasteiger charge is -2.29. The maximum absolute atomic E-state index is 13.7. The number of imidazole rings is 2. The third-order valence-electron chi connectivity index (χ3n) is 10.8. The van der Waals surface area contributed by atoms with E-state index in [0.717, 1.165) is 81.3 Å². The summed E-state index contributed by atoms with van der Waals surface area (Å²) in [5.41, 5.74) is 5.47. The molecule has 284 valence electrons. The zero-order chi connectivity index (χ0) is 38.3. The molecule has 3 aromatic carbocycles. The minimum atomic E-state index is -0.699. The number of ether oxygens (including phenoxy) is 2. The standard InChI is InChI=1S/C40H48N8O6/c1-21(2)32(45-39(51)53-5)37(49)47-17-7-9-30(47)35-41-27-15-12-24(20-29(27)43-35)23-11-14-26-25(19-23)13-16-28-34(26)44-36(42-28)31-10-8-18-48(31)38(50)33(22(3)4)46-40(52)54-6/h11-16,19-22,30-33H,7-10,17-18H2,1-6H3,(H,41,43)(H,42,44)(H,45,51)(H,46,52)/t30-,31-,32?,33?/m0/s1. The monoisotopic (exact) mass is 736 g/mol. The highest BCUT2D eigenvalue weighted by Crippen LogP contribution is 2.37. The first-order chi connectivity index (χ1) is 26.0. The van der Waals surface area contributed by atoms with Gasteiger partial charge in [0.15, 0.2) is 0 Å². The summed E-state index contributed by atoms with van der Waals surface area (Å²) in [7, 11) is 2.58. The number of methoxy groups -OCH3 is 2. The zero-order valence-electron chi connectivity index (χ0n) is 31.6. The van der Waals surface area contributed by atoms with Gasteiger partial charge in [-0.3, -0.25) is 9.59 Å². The topological polar surface area (TPSA) is 175 Å². The Morgan fingerprint density at radius 3 is 1.81 bits per heavy atom. The van der Waals surface area contributed by atoms with Crippen LogP contribution in [0.4, 0.5) is 9.59 Å². The van der Waals surface area contributed by atoms with Crippen LogP contribution in [0.25, 0.3) is 44.0 Å². The van der Waals surface area contributed by atoms with Gasteiger partial charge in [0, 0.05) is 18.5 Å². The number of aromatic amines is 2. The number of amides is 4. The minimum absolute atomic E-state index is 0.113. The third-order valence-corrected chi connectivity index (χ3v) is 10.8. The van der Waals surface area contributed by atoms with Crippen molar-refractivity contribution in [2.24, 2.45) is 11.8 Å². The molecule has 4 heterocycles. The van der Waals surface area contributed by atoms with Crippen LogP contribution in [0, 0.1) is 11.8 Å². The molecule has 2 aliphatic rings. The van der Waals surface area contributed by atoms with Gasteiger partial charge in [0.25, 0.3) is 0 Å². The van der Waals surface area contributed by atoms with Gasteiger partial charge in [-0.1, -0.05) is 52.0 Å². The Bertz CT molecular complexity index is 2230. The maximum Gasteiger partial charge on any atom is 0.407 e. The molecule has 0 radical (unpaired) electrons. The Balaban J connectivity index is 1.13. The number of likely N-dealkylation sites (tertiary alicyclic amines) is 2. The van der Waals surface area contributed by atoms with E-state index in [1.165, 1.54) is 14.2 Å². The van der Waals surface area contributed by atoms with Crippen LogP contribution in [0.2, 0.25) is 0 Å². The Kier molecular flexibility index (Phi) is 10.2. The van der Waals surface area contributed by atoms with Crippen molar-refractivity contribution >= 4 is 56.8 Å². The quantitative estimate of drug-likeness (QED) is 0.136. The highest BCUT2D eigenvalue weighted by Gasteiger charge is 2.39. The molecule has 0 bridgehead atoms. The van der Waals surface area contributed by atoms with Crippen molar-refractivity contribution in [1.82, 2.24) is 40.4 Å². The molecule has 0 aliphatic carbocycles. The van der Waals surface area contributed by atoms with Crippen LogP contribution >= 0.6 is 0 Å². The molecule has 2 saturated heterocycles. The number of rotatable bonds is 9. The largest absolute Gasteiger partial charge is 0.453 e. The number of benzene rings is 3. The van der Waals surface area contributed by atoms with Crippen LogP contribution in [0.5, 0.6) is 0 Å². The molecular formula is C40H48N8O6. The Hall–Kier alpha value is -5.66. The molecule has 5 aromatic rings. The van der Waals surface area contributed by atoms with Gasteiger partial charge in [-0.2, -0.15) is 0 Å². The van der Waals surface area contributed by atoms with Gasteiger partial charge in [-0.15, -0.1) is 0 Å². The number of nitrogens with zero attached hydrogens (tertiary/aromatic N) is 4. The second-order valence-corrected chi connectivity index (χ2v) is 15.0. The normalized spacial score (nSPS) is 18.5. The predicted molar refractivity (Wildman–Crippen MR) is 204 cm³/mol. The zero-order valence-corrected chi connectivity index (χ0v) is 31.6. The van der Waals surface area contributed by atoms with E-state index in [1.54, 1.807) is 0 Å². The molecule has 14 nitrogen and oxygen atoms in total. The van der Waals surface area contributed by atoms with E-state index < -0.39 is 24.3 Å². The number of carbonyl (C=O) groups excluding carboxylic acids is 4. The number of H-pyrrole nitrogens is 2. The molecule has 2 aromatic heterocycles. The van der Waals surface area contributed by atoms with Crippen LogP contribution in [0.15, 0.2) is 48.5 Å². The summed E-state index contributed by atoms with van der Waals surface area (Å²) in [6.07, 6.45) is 1.97. The number of aromatic nitrogens is 4. The lowest BCUT2D eigenvalue weighted by atomic mass is 10.0. The first-order valence-electron chi connectivity index (χ1n) is 18.7. The smallest absolute Gasteiger partial charge is 0.407 e. The number of hydrogen-bond acceptors (Lipinski definition) is 8.